The normalized spacial score (nSPS) is 11.8. The van der Waals surface area contributed by atoms with Crippen LogP contribution in [-0.2, 0) is 6.18 Å². The molecule has 0 unspecified atom stereocenters. The zero-order chi connectivity index (χ0) is 21.6. The molecule has 30 heavy (non-hydrogen) atoms. The molecule has 2 aromatic heterocycles. The first-order valence-corrected chi connectivity index (χ1v) is 8.82. The molecule has 0 saturated carbocycles. The van der Waals surface area contributed by atoms with Crippen LogP contribution in [0.25, 0.3) is 33.7 Å². The number of fused-ring (bicyclic) bond motifs is 1. The topological polar surface area (TPSA) is 63.3 Å². The molecule has 1 N–H and O–H groups in total. The van der Waals surface area contributed by atoms with Crippen LogP contribution in [0.2, 0.25) is 5.02 Å². The van der Waals surface area contributed by atoms with E-state index in [2.05, 4.69) is 4.98 Å². The Hall–Kier alpha value is -3.39. The molecule has 0 bridgehead atoms. The second-order valence-corrected chi connectivity index (χ2v) is 6.79. The van der Waals surface area contributed by atoms with Crippen molar-refractivity contribution in [2.24, 2.45) is 0 Å². The summed E-state index contributed by atoms with van der Waals surface area (Å²) in [6.45, 7) is 0. The monoisotopic (exact) mass is 435 g/mol. The molecule has 0 spiro atoms. The van der Waals surface area contributed by atoms with Crippen LogP contribution >= 0.6 is 11.6 Å². The largest absolute Gasteiger partial charge is 0.478 e. The van der Waals surface area contributed by atoms with Gasteiger partial charge in [-0.3, -0.25) is 0 Å². The van der Waals surface area contributed by atoms with Crippen molar-refractivity contribution in [1.82, 2.24) is 4.98 Å². The van der Waals surface area contributed by atoms with Crippen molar-refractivity contribution in [3.8, 4) is 22.8 Å². The summed E-state index contributed by atoms with van der Waals surface area (Å²) in [6, 6.07) is 11.0. The molecule has 9 heteroatoms. The van der Waals surface area contributed by atoms with E-state index in [1.165, 1.54) is 30.3 Å². The first-order valence-electron chi connectivity index (χ1n) is 8.44. The number of hydrogen-bond acceptors (Lipinski definition) is 3. The second kappa shape index (κ2) is 7.14. The summed E-state index contributed by atoms with van der Waals surface area (Å²) in [5, 5.41) is 9.14. The Morgan fingerprint density at radius 2 is 1.73 bits per heavy atom. The quantitative estimate of drug-likeness (QED) is 0.365. The van der Waals surface area contributed by atoms with Gasteiger partial charge in [-0.25, -0.2) is 14.2 Å². The summed E-state index contributed by atoms with van der Waals surface area (Å²) >= 11 is 5.64. The van der Waals surface area contributed by atoms with Crippen LogP contribution in [0.5, 0.6) is 0 Å². The second-order valence-electron chi connectivity index (χ2n) is 6.38. The molecule has 0 radical (unpaired) electrons. The standard InChI is InChI=1S/C21H10ClF4NO3/c22-15-3-1-10(7-14(15)21(24,25)26)18-5-6-19(30-18)17-9-13(20(28)29)12-8-11(23)2-4-16(12)27-17/h1-9H,(H,28,29). The SMILES string of the molecule is O=C(O)c1cc(-c2ccc(-c3ccc(Cl)c(C(F)(F)F)c3)o2)nc2ccc(F)cc12. The van der Waals surface area contributed by atoms with E-state index in [1.807, 2.05) is 0 Å². The molecule has 0 aliphatic heterocycles. The summed E-state index contributed by atoms with van der Waals surface area (Å²) in [4.78, 5) is 15.9. The minimum Gasteiger partial charge on any atom is -0.478 e. The van der Waals surface area contributed by atoms with Crippen LogP contribution < -0.4 is 0 Å². The van der Waals surface area contributed by atoms with Gasteiger partial charge in [0, 0.05) is 10.9 Å². The van der Waals surface area contributed by atoms with Gasteiger partial charge in [0.15, 0.2) is 5.76 Å². The number of carboxylic acid groups (broad SMARTS) is 1. The maximum absolute atomic E-state index is 13.5. The van der Waals surface area contributed by atoms with E-state index in [1.54, 1.807) is 0 Å². The Kier molecular flexibility index (Phi) is 4.74. The molecule has 0 aliphatic rings. The maximum atomic E-state index is 13.5. The van der Waals surface area contributed by atoms with Crippen LogP contribution in [-0.4, -0.2) is 16.1 Å². The smallest absolute Gasteiger partial charge is 0.417 e. The molecule has 2 aromatic carbocycles. The number of rotatable bonds is 3. The number of alkyl halides is 3. The number of halogens is 5. The van der Waals surface area contributed by atoms with Crippen molar-refractivity contribution in [1.29, 1.82) is 0 Å². The fourth-order valence-corrected chi connectivity index (χ4v) is 3.25. The summed E-state index contributed by atoms with van der Waals surface area (Å²) in [7, 11) is 0. The van der Waals surface area contributed by atoms with Gasteiger partial charge in [-0.15, -0.1) is 0 Å². The minimum atomic E-state index is -4.63. The Morgan fingerprint density at radius 1 is 1.00 bits per heavy atom. The third-order valence-corrected chi connectivity index (χ3v) is 4.75. The van der Waals surface area contributed by atoms with Gasteiger partial charge in [0.25, 0.3) is 0 Å². The lowest BCUT2D eigenvalue weighted by Gasteiger charge is -2.10. The van der Waals surface area contributed by atoms with E-state index in [-0.39, 0.29) is 39.2 Å². The van der Waals surface area contributed by atoms with Crippen LogP contribution in [0.4, 0.5) is 17.6 Å². The molecule has 0 fully saturated rings. The lowest BCUT2D eigenvalue weighted by Crippen LogP contribution is -2.05. The molecule has 0 aliphatic carbocycles. The Bertz CT molecular complexity index is 1300. The Morgan fingerprint density at radius 3 is 2.43 bits per heavy atom. The van der Waals surface area contributed by atoms with E-state index >= 15 is 0 Å². The summed E-state index contributed by atoms with van der Waals surface area (Å²) in [5.41, 5.74) is -0.672. The lowest BCUT2D eigenvalue weighted by atomic mass is 10.1. The van der Waals surface area contributed by atoms with Gasteiger partial charge >= 0.3 is 12.1 Å². The van der Waals surface area contributed by atoms with E-state index < -0.39 is 28.5 Å². The number of carboxylic acids is 1. The first kappa shape index (κ1) is 19.9. The van der Waals surface area contributed by atoms with Crippen molar-refractivity contribution >= 4 is 28.5 Å². The lowest BCUT2D eigenvalue weighted by molar-refractivity contribution is -0.137. The number of nitrogens with zero attached hydrogens (tertiary/aromatic N) is 1. The number of pyridine rings is 1. The molecular weight excluding hydrogens is 426 g/mol. The first-order chi connectivity index (χ1) is 14.1. The van der Waals surface area contributed by atoms with Crippen LogP contribution in [0.3, 0.4) is 0 Å². The fourth-order valence-electron chi connectivity index (χ4n) is 3.03. The van der Waals surface area contributed by atoms with Gasteiger partial charge in [0.1, 0.15) is 17.3 Å². The molecule has 152 valence electrons. The zero-order valence-corrected chi connectivity index (χ0v) is 15.6. The van der Waals surface area contributed by atoms with Gasteiger partial charge in [-0.05, 0) is 54.6 Å². The number of aromatic carboxylic acids is 1. The molecule has 4 rings (SSSR count). The van der Waals surface area contributed by atoms with E-state index in [0.29, 0.717) is 0 Å². The molecule has 4 aromatic rings. The van der Waals surface area contributed by atoms with Gasteiger partial charge in [-0.1, -0.05) is 11.6 Å². The third kappa shape index (κ3) is 3.61. The van der Waals surface area contributed by atoms with Crippen molar-refractivity contribution < 1.29 is 31.9 Å². The highest BCUT2D eigenvalue weighted by molar-refractivity contribution is 6.31. The van der Waals surface area contributed by atoms with Gasteiger partial charge in [0.2, 0.25) is 0 Å². The Labute approximate surface area is 171 Å². The number of hydrogen-bond donors (Lipinski definition) is 1. The van der Waals surface area contributed by atoms with Crippen molar-refractivity contribution in [2.45, 2.75) is 6.18 Å². The van der Waals surface area contributed by atoms with Crippen molar-refractivity contribution in [3.63, 3.8) is 0 Å². The summed E-state index contributed by atoms with van der Waals surface area (Å²) < 4.78 is 58.5. The van der Waals surface area contributed by atoms with Gasteiger partial charge < -0.3 is 9.52 Å². The number of carbonyl (C=O) groups is 1. The van der Waals surface area contributed by atoms with Gasteiger partial charge in [0.05, 0.1) is 21.7 Å². The van der Waals surface area contributed by atoms with Crippen molar-refractivity contribution in [3.05, 3.63) is 76.6 Å². The number of benzene rings is 2. The van der Waals surface area contributed by atoms with E-state index in [4.69, 9.17) is 16.0 Å². The number of aromatic nitrogens is 1. The molecule has 2 heterocycles. The highest BCUT2D eigenvalue weighted by atomic mass is 35.5. The molecular formula is C21H10ClF4NO3. The van der Waals surface area contributed by atoms with Crippen LogP contribution in [0.1, 0.15) is 15.9 Å². The van der Waals surface area contributed by atoms with E-state index in [9.17, 15) is 27.5 Å². The Balaban J connectivity index is 1.81. The van der Waals surface area contributed by atoms with Crippen LogP contribution in [0.15, 0.2) is 59.0 Å². The predicted octanol–water partition coefficient (Wildman–Crippen LogP) is 6.67. The predicted molar refractivity (Wildman–Crippen MR) is 102 cm³/mol. The van der Waals surface area contributed by atoms with E-state index in [0.717, 1.165) is 24.3 Å². The highest BCUT2D eigenvalue weighted by Crippen LogP contribution is 2.38. The summed E-state index contributed by atoms with van der Waals surface area (Å²) in [5.74, 6) is -1.64. The third-order valence-electron chi connectivity index (χ3n) is 4.42. The zero-order valence-electron chi connectivity index (χ0n) is 14.8. The fraction of sp³-hybridized carbons (Fsp3) is 0.0476. The maximum Gasteiger partial charge on any atom is 0.417 e. The highest BCUT2D eigenvalue weighted by Gasteiger charge is 2.33. The molecule has 0 atom stereocenters. The van der Waals surface area contributed by atoms with Crippen LogP contribution in [0, 0.1) is 5.82 Å². The molecule has 0 amide bonds. The van der Waals surface area contributed by atoms with Gasteiger partial charge in [-0.2, -0.15) is 13.2 Å². The molecule has 4 nitrogen and oxygen atoms in total. The molecule has 0 saturated heterocycles. The average Bonchev–Trinajstić information content (AvgIpc) is 3.16. The average molecular weight is 436 g/mol. The van der Waals surface area contributed by atoms with Crippen molar-refractivity contribution in [2.75, 3.05) is 0 Å². The number of furan rings is 1. The summed E-state index contributed by atoms with van der Waals surface area (Å²) in [6.07, 6.45) is -4.63. The minimum absolute atomic E-state index is 0.116.